The average Bonchev–Trinajstić information content (AvgIpc) is 2.28. The zero-order valence-electron chi connectivity index (χ0n) is 10.3. The van der Waals surface area contributed by atoms with E-state index in [1.54, 1.807) is 6.20 Å². The van der Waals surface area contributed by atoms with Gasteiger partial charge in [0.25, 0.3) is 0 Å². The van der Waals surface area contributed by atoms with Gasteiger partial charge in [-0.3, -0.25) is 4.79 Å². The molecule has 1 amide bonds. The summed E-state index contributed by atoms with van der Waals surface area (Å²) in [5.41, 5.74) is 0.0128. The summed E-state index contributed by atoms with van der Waals surface area (Å²) >= 11 is 3.32. The maximum atomic E-state index is 12.1. The van der Waals surface area contributed by atoms with E-state index < -0.39 is 5.41 Å². The molecule has 0 aliphatic heterocycles. The minimum Gasteiger partial charge on any atom is -0.309 e. The lowest BCUT2D eigenvalue weighted by Crippen LogP contribution is -2.45. The first-order valence-corrected chi connectivity index (χ1v) is 6.61. The van der Waals surface area contributed by atoms with E-state index in [0.717, 1.165) is 10.0 Å². The molecule has 0 aromatic carbocycles. The van der Waals surface area contributed by atoms with Gasteiger partial charge in [0.2, 0.25) is 5.91 Å². The van der Waals surface area contributed by atoms with Crippen LogP contribution in [-0.2, 0) is 4.79 Å². The Morgan fingerprint density at radius 1 is 1.67 bits per heavy atom. The van der Waals surface area contributed by atoms with Gasteiger partial charge in [0.15, 0.2) is 0 Å². The zero-order chi connectivity index (χ0) is 13.3. The van der Waals surface area contributed by atoms with Crippen molar-refractivity contribution in [2.24, 2.45) is 11.3 Å². The standard InChI is InChI=1S/C13H14BrN3O/c1-8-4-13(5-8,7-15)12(18)17-11-9(2)3-10(14)6-16-11/h3,6,8H,4-5H2,1-2H3,(H,16,17,18). The van der Waals surface area contributed by atoms with E-state index >= 15 is 0 Å². The number of aromatic nitrogens is 1. The average molecular weight is 308 g/mol. The number of aryl methyl sites for hydroxylation is 1. The lowest BCUT2D eigenvalue weighted by Gasteiger charge is -2.39. The number of rotatable bonds is 2. The van der Waals surface area contributed by atoms with Crippen molar-refractivity contribution in [3.8, 4) is 6.07 Å². The maximum absolute atomic E-state index is 12.1. The molecule has 1 aromatic rings. The van der Waals surface area contributed by atoms with E-state index in [4.69, 9.17) is 0 Å². The van der Waals surface area contributed by atoms with Gasteiger partial charge in [-0.25, -0.2) is 4.98 Å². The molecular formula is C13H14BrN3O. The van der Waals surface area contributed by atoms with Crippen molar-refractivity contribution in [1.82, 2.24) is 4.98 Å². The van der Waals surface area contributed by atoms with Gasteiger partial charge < -0.3 is 5.32 Å². The number of nitriles is 1. The van der Waals surface area contributed by atoms with Crippen LogP contribution >= 0.6 is 15.9 Å². The smallest absolute Gasteiger partial charge is 0.246 e. The Labute approximate surface area is 115 Å². The van der Waals surface area contributed by atoms with E-state index in [1.165, 1.54) is 0 Å². The Morgan fingerprint density at radius 3 is 2.83 bits per heavy atom. The van der Waals surface area contributed by atoms with Gasteiger partial charge in [-0.05, 0) is 53.2 Å². The van der Waals surface area contributed by atoms with Crippen LogP contribution in [0.15, 0.2) is 16.7 Å². The molecule has 0 saturated heterocycles. The summed E-state index contributed by atoms with van der Waals surface area (Å²) < 4.78 is 0.866. The molecule has 1 heterocycles. The largest absolute Gasteiger partial charge is 0.309 e. The second-order valence-electron chi connectivity index (χ2n) is 4.98. The molecule has 1 aromatic heterocycles. The number of hydrogen-bond acceptors (Lipinski definition) is 3. The van der Waals surface area contributed by atoms with E-state index in [-0.39, 0.29) is 5.91 Å². The van der Waals surface area contributed by atoms with Crippen LogP contribution in [0.5, 0.6) is 0 Å². The maximum Gasteiger partial charge on any atom is 0.246 e. The van der Waals surface area contributed by atoms with Crippen molar-refractivity contribution in [3.63, 3.8) is 0 Å². The number of nitrogens with one attached hydrogen (secondary N) is 1. The monoisotopic (exact) mass is 307 g/mol. The van der Waals surface area contributed by atoms with E-state index in [2.05, 4.69) is 32.3 Å². The molecule has 1 aliphatic rings. The molecule has 94 valence electrons. The third-order valence-electron chi connectivity index (χ3n) is 3.32. The second kappa shape index (κ2) is 4.69. The molecule has 18 heavy (non-hydrogen) atoms. The minimum atomic E-state index is -0.861. The third-order valence-corrected chi connectivity index (χ3v) is 3.75. The van der Waals surface area contributed by atoms with Crippen molar-refractivity contribution in [2.75, 3.05) is 5.32 Å². The first kappa shape index (κ1) is 13.0. The van der Waals surface area contributed by atoms with Crippen molar-refractivity contribution in [2.45, 2.75) is 26.7 Å². The number of anilines is 1. The molecule has 2 rings (SSSR count). The Kier molecular flexibility index (Phi) is 3.40. The van der Waals surface area contributed by atoms with Gasteiger partial charge >= 0.3 is 0 Å². The van der Waals surface area contributed by atoms with Gasteiger partial charge in [0, 0.05) is 10.7 Å². The molecule has 0 unspecified atom stereocenters. The van der Waals surface area contributed by atoms with Crippen LogP contribution in [0.4, 0.5) is 5.82 Å². The van der Waals surface area contributed by atoms with Gasteiger partial charge in [-0.1, -0.05) is 6.92 Å². The fourth-order valence-corrected chi connectivity index (χ4v) is 2.80. The van der Waals surface area contributed by atoms with E-state index in [9.17, 15) is 10.1 Å². The summed E-state index contributed by atoms with van der Waals surface area (Å²) in [7, 11) is 0. The Morgan fingerprint density at radius 2 is 2.33 bits per heavy atom. The number of amides is 1. The summed E-state index contributed by atoms with van der Waals surface area (Å²) in [6.07, 6.45) is 2.89. The van der Waals surface area contributed by atoms with Gasteiger partial charge in [0.05, 0.1) is 6.07 Å². The van der Waals surface area contributed by atoms with Gasteiger partial charge in [-0.15, -0.1) is 0 Å². The predicted molar refractivity (Wildman–Crippen MR) is 71.7 cm³/mol. The zero-order valence-corrected chi connectivity index (χ0v) is 11.9. The number of nitrogens with zero attached hydrogens (tertiary/aromatic N) is 2. The van der Waals surface area contributed by atoms with Crippen molar-refractivity contribution < 1.29 is 4.79 Å². The highest BCUT2D eigenvalue weighted by Crippen LogP contribution is 2.45. The normalized spacial score (nSPS) is 26.0. The number of hydrogen-bond donors (Lipinski definition) is 1. The van der Waals surface area contributed by atoms with E-state index in [0.29, 0.717) is 24.6 Å². The lowest BCUT2D eigenvalue weighted by atomic mass is 9.63. The molecule has 0 atom stereocenters. The summed E-state index contributed by atoms with van der Waals surface area (Å²) in [6, 6.07) is 4.03. The first-order valence-electron chi connectivity index (χ1n) is 5.82. The molecule has 0 radical (unpaired) electrons. The number of carbonyl (C=O) groups is 1. The summed E-state index contributed by atoms with van der Waals surface area (Å²) in [6.45, 7) is 3.92. The van der Waals surface area contributed by atoms with Crippen LogP contribution in [0.1, 0.15) is 25.3 Å². The Balaban J connectivity index is 2.15. The summed E-state index contributed by atoms with van der Waals surface area (Å²) in [5.74, 6) is 0.729. The van der Waals surface area contributed by atoms with Crippen molar-refractivity contribution >= 4 is 27.7 Å². The molecule has 4 nitrogen and oxygen atoms in total. The summed E-state index contributed by atoms with van der Waals surface area (Å²) in [4.78, 5) is 16.3. The van der Waals surface area contributed by atoms with Crippen LogP contribution in [0.2, 0.25) is 0 Å². The third kappa shape index (κ3) is 2.25. The molecular weight excluding hydrogens is 294 g/mol. The Hall–Kier alpha value is -1.41. The van der Waals surface area contributed by atoms with E-state index in [1.807, 2.05) is 19.9 Å². The van der Waals surface area contributed by atoms with Crippen LogP contribution in [0.3, 0.4) is 0 Å². The molecule has 1 saturated carbocycles. The summed E-state index contributed by atoms with van der Waals surface area (Å²) in [5, 5.41) is 11.9. The highest BCUT2D eigenvalue weighted by atomic mass is 79.9. The Bertz CT molecular complexity index is 530. The van der Waals surface area contributed by atoms with Crippen molar-refractivity contribution in [3.05, 3.63) is 22.3 Å². The SMILES string of the molecule is Cc1cc(Br)cnc1NC(=O)C1(C#N)CC(C)C1. The predicted octanol–water partition coefficient (Wildman–Crippen LogP) is 3.03. The molecule has 0 spiro atoms. The highest BCUT2D eigenvalue weighted by molar-refractivity contribution is 9.10. The van der Waals surface area contributed by atoms with Gasteiger partial charge in [0.1, 0.15) is 11.2 Å². The van der Waals surface area contributed by atoms with Crippen LogP contribution in [0, 0.1) is 29.6 Å². The fraction of sp³-hybridized carbons (Fsp3) is 0.462. The topological polar surface area (TPSA) is 65.8 Å². The number of pyridine rings is 1. The highest BCUT2D eigenvalue weighted by Gasteiger charge is 2.49. The van der Waals surface area contributed by atoms with Crippen molar-refractivity contribution in [1.29, 1.82) is 5.26 Å². The van der Waals surface area contributed by atoms with Crippen LogP contribution in [0.25, 0.3) is 0 Å². The molecule has 1 fully saturated rings. The molecule has 0 bridgehead atoms. The minimum absolute atomic E-state index is 0.235. The van der Waals surface area contributed by atoms with Crippen LogP contribution < -0.4 is 5.32 Å². The van der Waals surface area contributed by atoms with Gasteiger partial charge in [-0.2, -0.15) is 5.26 Å². The molecule has 1 N–H and O–H groups in total. The van der Waals surface area contributed by atoms with Crippen LogP contribution in [-0.4, -0.2) is 10.9 Å². The molecule has 5 heteroatoms. The lowest BCUT2D eigenvalue weighted by molar-refractivity contribution is -0.128. The number of carbonyl (C=O) groups excluding carboxylic acids is 1. The first-order chi connectivity index (χ1) is 8.47. The number of halogens is 1. The fourth-order valence-electron chi connectivity index (χ4n) is 2.36. The quantitative estimate of drug-likeness (QED) is 0.913. The second-order valence-corrected chi connectivity index (χ2v) is 5.90. The molecule has 1 aliphatic carbocycles.